The molecule has 1 atom stereocenters. The smallest absolute Gasteiger partial charge is 0.351 e. The van der Waals surface area contributed by atoms with Crippen molar-refractivity contribution in [1.29, 1.82) is 0 Å². The van der Waals surface area contributed by atoms with E-state index in [1.807, 2.05) is 26.8 Å². The minimum atomic E-state index is -1.01. The van der Waals surface area contributed by atoms with Crippen LogP contribution in [0.25, 0.3) is 10.2 Å². The number of pyridine rings is 1. The van der Waals surface area contributed by atoms with Crippen LogP contribution in [0.5, 0.6) is 0 Å². The number of hydrogen-bond acceptors (Lipinski definition) is 6. The van der Waals surface area contributed by atoms with Gasteiger partial charge in [-0.1, -0.05) is 17.7 Å². The first-order chi connectivity index (χ1) is 13.2. The summed E-state index contributed by atoms with van der Waals surface area (Å²) < 4.78 is 5.34. The van der Waals surface area contributed by atoms with Gasteiger partial charge in [0, 0.05) is 21.8 Å². The molecule has 28 heavy (non-hydrogen) atoms. The third-order valence-electron chi connectivity index (χ3n) is 4.32. The minimum Gasteiger partial charge on any atom is -0.448 e. The Morgan fingerprint density at radius 3 is 2.64 bits per heavy atom. The highest BCUT2D eigenvalue weighted by Gasteiger charge is 2.24. The maximum Gasteiger partial charge on any atom is 0.351 e. The van der Waals surface area contributed by atoms with E-state index in [1.165, 1.54) is 6.92 Å². The number of carbonyl (C=O) groups is 2. The third kappa shape index (κ3) is 3.95. The van der Waals surface area contributed by atoms with Crippen LogP contribution < -0.4 is 11.1 Å². The number of fused-ring (bicyclic) bond motifs is 1. The number of aromatic nitrogens is 1. The lowest BCUT2D eigenvalue weighted by molar-refractivity contribution is -0.123. The van der Waals surface area contributed by atoms with Crippen LogP contribution in [0, 0.1) is 20.8 Å². The number of aryl methyl sites for hydroxylation is 3. The van der Waals surface area contributed by atoms with Gasteiger partial charge < -0.3 is 15.8 Å². The summed E-state index contributed by atoms with van der Waals surface area (Å²) in [5.74, 6) is -1.11. The Morgan fingerprint density at radius 2 is 1.93 bits per heavy atom. The maximum atomic E-state index is 12.6. The molecule has 8 heteroatoms. The van der Waals surface area contributed by atoms with Gasteiger partial charge in [0.25, 0.3) is 5.91 Å². The molecule has 0 radical (unpaired) electrons. The molecule has 2 heterocycles. The molecule has 0 bridgehead atoms. The summed E-state index contributed by atoms with van der Waals surface area (Å²) in [5.41, 5.74) is 9.69. The lowest BCUT2D eigenvalue weighted by Gasteiger charge is -2.14. The number of nitrogens with two attached hydrogens (primary N) is 1. The normalized spacial score (nSPS) is 12.0. The summed E-state index contributed by atoms with van der Waals surface area (Å²) in [6.07, 6.45) is -1.01. The number of ether oxygens (including phenoxy) is 1. The topological polar surface area (TPSA) is 94.3 Å². The Bertz CT molecular complexity index is 1090. The quantitative estimate of drug-likeness (QED) is 0.603. The number of benzene rings is 1. The summed E-state index contributed by atoms with van der Waals surface area (Å²) in [5, 5.41) is 3.97. The van der Waals surface area contributed by atoms with E-state index in [4.69, 9.17) is 22.1 Å². The number of anilines is 2. The van der Waals surface area contributed by atoms with Crippen molar-refractivity contribution < 1.29 is 14.3 Å². The summed E-state index contributed by atoms with van der Waals surface area (Å²) in [6, 6.07) is 7.08. The van der Waals surface area contributed by atoms with Crippen molar-refractivity contribution in [2.45, 2.75) is 33.8 Å². The molecule has 0 fully saturated rings. The molecule has 3 rings (SSSR count). The molecule has 1 aromatic carbocycles. The average Bonchev–Trinajstić information content (AvgIpc) is 2.94. The highest BCUT2D eigenvalue weighted by molar-refractivity contribution is 7.21. The predicted octanol–water partition coefficient (Wildman–Crippen LogP) is 4.64. The van der Waals surface area contributed by atoms with Crippen molar-refractivity contribution in [2.75, 3.05) is 11.1 Å². The van der Waals surface area contributed by atoms with Crippen LogP contribution in [0.4, 0.5) is 11.4 Å². The average molecular weight is 418 g/mol. The van der Waals surface area contributed by atoms with Crippen LogP contribution in [0.3, 0.4) is 0 Å². The van der Waals surface area contributed by atoms with E-state index >= 15 is 0 Å². The molecule has 1 amide bonds. The molecule has 0 aliphatic heterocycles. The second-order valence-corrected chi connectivity index (χ2v) is 8.04. The molecule has 6 nitrogen and oxygen atoms in total. The molecule has 0 spiro atoms. The summed E-state index contributed by atoms with van der Waals surface area (Å²) in [7, 11) is 0. The van der Waals surface area contributed by atoms with E-state index in [1.54, 1.807) is 18.2 Å². The Labute approximate surface area is 171 Å². The van der Waals surface area contributed by atoms with Crippen LogP contribution in [0.15, 0.2) is 24.3 Å². The molecule has 2 aromatic heterocycles. The number of nitrogens with one attached hydrogen (secondary N) is 1. The van der Waals surface area contributed by atoms with E-state index in [-0.39, 0.29) is 4.88 Å². The zero-order valence-corrected chi connectivity index (χ0v) is 17.5. The fourth-order valence-electron chi connectivity index (χ4n) is 2.85. The number of thiophene rings is 1. The number of rotatable bonds is 4. The molecule has 0 saturated carbocycles. The first-order valence-electron chi connectivity index (χ1n) is 8.61. The van der Waals surface area contributed by atoms with Crippen LogP contribution in [-0.2, 0) is 9.53 Å². The first kappa shape index (κ1) is 20.1. The Morgan fingerprint density at radius 1 is 1.21 bits per heavy atom. The van der Waals surface area contributed by atoms with Crippen LogP contribution in [-0.4, -0.2) is 23.0 Å². The van der Waals surface area contributed by atoms with E-state index in [0.29, 0.717) is 21.2 Å². The summed E-state index contributed by atoms with van der Waals surface area (Å²) in [4.78, 5) is 30.4. The number of halogens is 1. The van der Waals surface area contributed by atoms with Gasteiger partial charge in [-0.15, -0.1) is 11.3 Å². The van der Waals surface area contributed by atoms with Crippen molar-refractivity contribution in [1.82, 2.24) is 4.98 Å². The van der Waals surface area contributed by atoms with Gasteiger partial charge in [-0.2, -0.15) is 0 Å². The van der Waals surface area contributed by atoms with Crippen molar-refractivity contribution in [3.8, 4) is 0 Å². The van der Waals surface area contributed by atoms with Gasteiger partial charge in [-0.25, -0.2) is 9.78 Å². The molecule has 1 unspecified atom stereocenters. The zero-order valence-electron chi connectivity index (χ0n) is 15.9. The number of esters is 1. The van der Waals surface area contributed by atoms with Crippen molar-refractivity contribution in [3.63, 3.8) is 0 Å². The largest absolute Gasteiger partial charge is 0.448 e. The number of nitrogens with zero attached hydrogens (tertiary/aromatic N) is 1. The maximum absolute atomic E-state index is 12.6. The Hall–Kier alpha value is -2.64. The van der Waals surface area contributed by atoms with Gasteiger partial charge in [-0.3, -0.25) is 4.79 Å². The summed E-state index contributed by atoms with van der Waals surface area (Å²) in [6.45, 7) is 7.14. The second-order valence-electron chi connectivity index (χ2n) is 6.60. The lowest BCUT2D eigenvalue weighted by atomic mass is 10.1. The van der Waals surface area contributed by atoms with Gasteiger partial charge in [-0.05, 0) is 57.0 Å². The van der Waals surface area contributed by atoms with Gasteiger partial charge in [0.05, 0.1) is 5.69 Å². The van der Waals surface area contributed by atoms with E-state index < -0.39 is 18.0 Å². The number of hydrogen-bond donors (Lipinski definition) is 2. The van der Waals surface area contributed by atoms with E-state index in [2.05, 4.69) is 10.3 Å². The van der Waals surface area contributed by atoms with Crippen LogP contribution in [0.2, 0.25) is 5.02 Å². The van der Waals surface area contributed by atoms with Crippen LogP contribution in [0.1, 0.15) is 33.4 Å². The van der Waals surface area contributed by atoms with Crippen molar-refractivity contribution in [2.24, 2.45) is 0 Å². The molecule has 0 aliphatic carbocycles. The van der Waals surface area contributed by atoms with Gasteiger partial charge in [0.2, 0.25) is 0 Å². The molecule has 3 aromatic rings. The SMILES string of the molecule is Cc1cc(C)c2c(N)c(C(=O)OC(C)C(=O)Nc3cc(Cl)ccc3C)sc2n1. The zero-order chi connectivity index (χ0) is 20.6. The van der Waals surface area contributed by atoms with Gasteiger partial charge >= 0.3 is 5.97 Å². The number of nitrogen functional groups attached to an aromatic ring is 1. The fraction of sp³-hybridized carbons (Fsp3) is 0.250. The highest BCUT2D eigenvalue weighted by Crippen LogP contribution is 2.35. The van der Waals surface area contributed by atoms with E-state index in [9.17, 15) is 9.59 Å². The van der Waals surface area contributed by atoms with Crippen molar-refractivity contribution in [3.05, 3.63) is 51.0 Å². The fourth-order valence-corrected chi connectivity index (χ4v) is 4.12. The highest BCUT2D eigenvalue weighted by atomic mass is 35.5. The molecule has 146 valence electrons. The number of carbonyl (C=O) groups excluding carboxylic acids is 2. The monoisotopic (exact) mass is 417 g/mol. The third-order valence-corrected chi connectivity index (χ3v) is 5.63. The molecular weight excluding hydrogens is 398 g/mol. The Balaban J connectivity index is 1.78. The Kier molecular flexibility index (Phi) is 5.58. The lowest BCUT2D eigenvalue weighted by Crippen LogP contribution is -2.30. The van der Waals surface area contributed by atoms with Crippen molar-refractivity contribution >= 4 is 56.4 Å². The predicted molar refractivity (Wildman–Crippen MR) is 113 cm³/mol. The molecule has 0 saturated heterocycles. The second kappa shape index (κ2) is 7.77. The molecule has 3 N–H and O–H groups in total. The molecular formula is C20H20ClN3O3S. The first-order valence-corrected chi connectivity index (χ1v) is 9.81. The van der Waals surface area contributed by atoms with Gasteiger partial charge in [0.15, 0.2) is 6.10 Å². The standard InChI is InChI=1S/C20H20ClN3O3S/c1-9-5-6-13(21)8-14(9)24-18(25)12(4)27-20(26)17-16(22)15-10(2)7-11(3)23-19(15)28-17/h5-8,12H,22H2,1-4H3,(H,24,25). The molecule has 0 aliphatic rings. The number of amides is 1. The van der Waals surface area contributed by atoms with E-state index in [0.717, 1.165) is 33.5 Å². The minimum absolute atomic E-state index is 0.245. The van der Waals surface area contributed by atoms with Gasteiger partial charge in [0.1, 0.15) is 9.71 Å². The summed E-state index contributed by atoms with van der Waals surface area (Å²) >= 11 is 7.13. The van der Waals surface area contributed by atoms with Crippen LogP contribution >= 0.6 is 22.9 Å².